The summed E-state index contributed by atoms with van der Waals surface area (Å²) in [5, 5.41) is 0.763. The molecule has 1 aliphatic carbocycles. The van der Waals surface area contributed by atoms with Gasteiger partial charge in [-0.25, -0.2) is 0 Å². The van der Waals surface area contributed by atoms with Crippen molar-refractivity contribution in [3.05, 3.63) is 39.7 Å². The van der Waals surface area contributed by atoms with Crippen molar-refractivity contribution in [1.82, 2.24) is 4.98 Å². The molecule has 1 N–H and O–H groups in total. The molecule has 0 fully saturated rings. The van der Waals surface area contributed by atoms with E-state index >= 15 is 0 Å². The average Bonchev–Trinajstić information content (AvgIpc) is 2.71. The second kappa shape index (κ2) is 5.70. The van der Waals surface area contributed by atoms with Crippen molar-refractivity contribution in [3.8, 4) is 5.75 Å². The summed E-state index contributed by atoms with van der Waals surface area (Å²) in [6, 6.07) is 5.79. The second-order valence-electron chi connectivity index (χ2n) is 5.53. The molecule has 1 aromatic carbocycles. The summed E-state index contributed by atoms with van der Waals surface area (Å²) in [4.78, 5) is 16.1. The summed E-state index contributed by atoms with van der Waals surface area (Å²) < 4.78 is 5.63. The molecular formula is C17H21NO2. The first-order chi connectivity index (χ1) is 9.79. The Morgan fingerprint density at radius 1 is 1.20 bits per heavy atom. The molecule has 0 radical (unpaired) electrons. The number of ether oxygens (including phenoxy) is 1. The Hall–Kier alpha value is -1.77. The van der Waals surface area contributed by atoms with E-state index in [2.05, 4.69) is 11.9 Å². The van der Waals surface area contributed by atoms with E-state index in [9.17, 15) is 4.79 Å². The minimum Gasteiger partial charge on any atom is -0.494 e. The lowest BCUT2D eigenvalue weighted by atomic mass is 10.0. The molecule has 0 aliphatic heterocycles. The molecule has 20 heavy (non-hydrogen) atoms. The first kappa shape index (κ1) is 13.2. The quantitative estimate of drug-likeness (QED) is 0.867. The van der Waals surface area contributed by atoms with Crippen LogP contribution in [-0.2, 0) is 12.8 Å². The normalized spacial score (nSPS) is 14.8. The molecule has 1 aliphatic rings. The minimum atomic E-state index is 0.192. The van der Waals surface area contributed by atoms with E-state index in [0.717, 1.165) is 53.6 Å². The van der Waals surface area contributed by atoms with Gasteiger partial charge in [0.05, 0.1) is 6.61 Å². The molecule has 3 heteroatoms. The van der Waals surface area contributed by atoms with Gasteiger partial charge in [0.15, 0.2) is 5.43 Å². The van der Waals surface area contributed by atoms with Crippen LogP contribution in [0, 0.1) is 0 Å². The van der Waals surface area contributed by atoms with Gasteiger partial charge in [-0.2, -0.15) is 0 Å². The number of aromatic nitrogens is 1. The third kappa shape index (κ3) is 2.45. The molecule has 0 bridgehead atoms. The number of rotatable bonds is 3. The monoisotopic (exact) mass is 271 g/mol. The van der Waals surface area contributed by atoms with Gasteiger partial charge in [0.1, 0.15) is 5.75 Å². The lowest BCUT2D eigenvalue weighted by Gasteiger charge is -2.10. The van der Waals surface area contributed by atoms with Gasteiger partial charge < -0.3 is 9.72 Å². The van der Waals surface area contributed by atoms with E-state index < -0.39 is 0 Å². The Kier molecular flexibility index (Phi) is 3.77. The molecule has 0 atom stereocenters. The Balaban J connectivity index is 2.10. The Labute approximate surface area is 119 Å². The fourth-order valence-electron chi connectivity index (χ4n) is 2.93. The van der Waals surface area contributed by atoms with Gasteiger partial charge in [-0.05, 0) is 50.3 Å². The van der Waals surface area contributed by atoms with Crippen LogP contribution >= 0.6 is 0 Å². The molecule has 1 aromatic heterocycles. The van der Waals surface area contributed by atoms with Gasteiger partial charge in [0.2, 0.25) is 0 Å². The zero-order valence-corrected chi connectivity index (χ0v) is 12.0. The van der Waals surface area contributed by atoms with Crippen molar-refractivity contribution in [1.29, 1.82) is 0 Å². The molecular weight excluding hydrogens is 250 g/mol. The summed E-state index contributed by atoms with van der Waals surface area (Å²) >= 11 is 0. The maximum absolute atomic E-state index is 12.7. The van der Waals surface area contributed by atoms with Crippen LogP contribution in [0.2, 0.25) is 0 Å². The van der Waals surface area contributed by atoms with Crippen LogP contribution in [0.1, 0.15) is 43.9 Å². The predicted octanol–water partition coefficient (Wildman–Crippen LogP) is 3.59. The van der Waals surface area contributed by atoms with Crippen molar-refractivity contribution in [2.45, 2.75) is 45.4 Å². The molecule has 3 nitrogen and oxygen atoms in total. The van der Waals surface area contributed by atoms with Gasteiger partial charge in [-0.15, -0.1) is 0 Å². The van der Waals surface area contributed by atoms with Crippen molar-refractivity contribution in [2.75, 3.05) is 6.61 Å². The number of benzene rings is 1. The highest BCUT2D eigenvalue weighted by Gasteiger charge is 2.14. The minimum absolute atomic E-state index is 0.192. The van der Waals surface area contributed by atoms with Crippen molar-refractivity contribution in [3.63, 3.8) is 0 Å². The summed E-state index contributed by atoms with van der Waals surface area (Å²) in [5.41, 5.74) is 3.25. The van der Waals surface area contributed by atoms with Gasteiger partial charge >= 0.3 is 0 Å². The number of hydrogen-bond acceptors (Lipinski definition) is 2. The molecule has 0 saturated heterocycles. The van der Waals surface area contributed by atoms with Crippen LogP contribution in [0.25, 0.3) is 10.9 Å². The maximum atomic E-state index is 12.7. The molecule has 2 aromatic rings. The van der Waals surface area contributed by atoms with Crippen LogP contribution in [0.5, 0.6) is 5.75 Å². The van der Waals surface area contributed by atoms with Crippen molar-refractivity contribution >= 4 is 10.9 Å². The first-order valence-electron chi connectivity index (χ1n) is 7.60. The molecule has 3 rings (SSSR count). The van der Waals surface area contributed by atoms with Crippen LogP contribution in [-0.4, -0.2) is 11.6 Å². The van der Waals surface area contributed by atoms with Gasteiger partial charge in [0, 0.05) is 22.2 Å². The summed E-state index contributed by atoms with van der Waals surface area (Å²) in [6.45, 7) is 2.77. The molecule has 0 spiro atoms. The number of nitrogens with one attached hydrogen (secondary N) is 1. The number of pyridine rings is 1. The standard InChI is InChI=1S/C17H21NO2/c1-2-10-20-12-8-9-16-14(11-12)17(19)13-6-4-3-5-7-15(13)18-16/h8-9,11H,2-7,10H2,1H3,(H,18,19). The average molecular weight is 271 g/mol. The van der Waals surface area contributed by atoms with E-state index in [1.807, 2.05) is 18.2 Å². The third-order valence-corrected chi connectivity index (χ3v) is 3.99. The van der Waals surface area contributed by atoms with Gasteiger partial charge in [-0.3, -0.25) is 4.79 Å². The van der Waals surface area contributed by atoms with Crippen LogP contribution in [0.3, 0.4) is 0 Å². The number of aryl methyl sites for hydroxylation is 1. The fraction of sp³-hybridized carbons (Fsp3) is 0.471. The second-order valence-corrected chi connectivity index (χ2v) is 5.53. The molecule has 1 heterocycles. The lowest BCUT2D eigenvalue weighted by molar-refractivity contribution is 0.318. The highest BCUT2D eigenvalue weighted by molar-refractivity contribution is 5.81. The van der Waals surface area contributed by atoms with Gasteiger partial charge in [0.25, 0.3) is 0 Å². The zero-order valence-electron chi connectivity index (χ0n) is 12.0. The molecule has 0 saturated carbocycles. The maximum Gasteiger partial charge on any atom is 0.192 e. The van der Waals surface area contributed by atoms with Crippen LogP contribution < -0.4 is 10.2 Å². The summed E-state index contributed by atoms with van der Waals surface area (Å²) in [5.74, 6) is 0.790. The number of H-pyrrole nitrogens is 1. The number of fused-ring (bicyclic) bond motifs is 2. The molecule has 106 valence electrons. The number of aromatic amines is 1. The van der Waals surface area contributed by atoms with Gasteiger partial charge in [-0.1, -0.05) is 13.3 Å². The molecule has 0 unspecified atom stereocenters. The van der Waals surface area contributed by atoms with E-state index in [1.165, 1.54) is 12.8 Å². The van der Waals surface area contributed by atoms with E-state index in [-0.39, 0.29) is 5.43 Å². The molecule has 0 amide bonds. The van der Waals surface area contributed by atoms with Crippen LogP contribution in [0.4, 0.5) is 0 Å². The SMILES string of the molecule is CCCOc1ccc2[nH]c3c(c(=O)c2c1)CCCCC3. The van der Waals surface area contributed by atoms with E-state index in [1.54, 1.807) is 0 Å². The Morgan fingerprint density at radius 2 is 2.05 bits per heavy atom. The Morgan fingerprint density at radius 3 is 2.90 bits per heavy atom. The number of hydrogen-bond donors (Lipinski definition) is 1. The predicted molar refractivity (Wildman–Crippen MR) is 81.6 cm³/mol. The first-order valence-corrected chi connectivity index (χ1v) is 7.60. The van der Waals surface area contributed by atoms with Crippen LogP contribution in [0.15, 0.2) is 23.0 Å². The lowest BCUT2D eigenvalue weighted by Crippen LogP contribution is -2.14. The van der Waals surface area contributed by atoms with E-state index in [0.29, 0.717) is 6.61 Å². The smallest absolute Gasteiger partial charge is 0.192 e. The zero-order chi connectivity index (χ0) is 13.9. The summed E-state index contributed by atoms with van der Waals surface area (Å²) in [7, 11) is 0. The highest BCUT2D eigenvalue weighted by Crippen LogP contribution is 2.22. The third-order valence-electron chi connectivity index (χ3n) is 3.99. The largest absolute Gasteiger partial charge is 0.494 e. The fourth-order valence-corrected chi connectivity index (χ4v) is 2.93. The topological polar surface area (TPSA) is 42.1 Å². The Bertz CT molecular complexity index is 672. The van der Waals surface area contributed by atoms with E-state index in [4.69, 9.17) is 4.74 Å². The van der Waals surface area contributed by atoms with Crippen molar-refractivity contribution < 1.29 is 4.74 Å². The van der Waals surface area contributed by atoms with Crippen molar-refractivity contribution in [2.24, 2.45) is 0 Å². The summed E-state index contributed by atoms with van der Waals surface area (Å²) in [6.07, 6.45) is 6.37. The highest BCUT2D eigenvalue weighted by atomic mass is 16.5.